The van der Waals surface area contributed by atoms with Crippen LogP contribution in [0, 0.1) is 0 Å². The van der Waals surface area contributed by atoms with Crippen molar-refractivity contribution >= 4 is 11.9 Å². The minimum Gasteiger partial charge on any atom is -0.462 e. The van der Waals surface area contributed by atoms with Crippen LogP contribution >= 0.6 is 0 Å². The number of allylic oxidation sites excluding steroid dienone is 32. The maximum absolute atomic E-state index is 12.8. The number of carbonyl (C=O) groups is 2. The highest BCUT2D eigenvalue weighted by Gasteiger charge is 2.17. The van der Waals surface area contributed by atoms with Crippen LogP contribution in [0.3, 0.4) is 0 Å². The third-order valence-corrected chi connectivity index (χ3v) is 9.63. The third-order valence-electron chi connectivity index (χ3n) is 9.63. The van der Waals surface area contributed by atoms with Crippen molar-refractivity contribution in [2.45, 2.75) is 168 Å². The number of ether oxygens (including phenoxy) is 3. The lowest BCUT2D eigenvalue weighted by molar-refractivity contribution is -0.162. The zero-order valence-electron chi connectivity index (χ0n) is 42.8. The highest BCUT2D eigenvalue weighted by atomic mass is 16.6. The van der Waals surface area contributed by atoms with Crippen molar-refractivity contribution < 1.29 is 23.8 Å². The molecule has 0 rings (SSSR count). The Labute approximate surface area is 416 Å². The number of unbranched alkanes of at least 4 members (excludes halogenated alkanes) is 1. The molecular weight excluding hydrogens is 837 g/mol. The number of esters is 2. The second-order valence-electron chi connectivity index (χ2n) is 15.9. The van der Waals surface area contributed by atoms with Crippen molar-refractivity contribution in [3.63, 3.8) is 0 Å². The fourth-order valence-electron chi connectivity index (χ4n) is 5.92. The monoisotopic (exact) mass is 929 g/mol. The molecule has 0 aliphatic heterocycles. The first-order valence-electron chi connectivity index (χ1n) is 26.0. The summed E-state index contributed by atoms with van der Waals surface area (Å²) < 4.78 is 17.2. The zero-order valence-corrected chi connectivity index (χ0v) is 42.8. The Morgan fingerprint density at radius 2 is 0.588 bits per heavy atom. The second kappa shape index (κ2) is 56.1. The summed E-state index contributed by atoms with van der Waals surface area (Å²) in [6.45, 7) is 7.14. The maximum atomic E-state index is 12.8. The van der Waals surface area contributed by atoms with Crippen LogP contribution in [0.25, 0.3) is 0 Å². The van der Waals surface area contributed by atoms with Gasteiger partial charge in [0.05, 0.1) is 6.61 Å². The van der Waals surface area contributed by atoms with Gasteiger partial charge in [0.25, 0.3) is 0 Å². The van der Waals surface area contributed by atoms with Gasteiger partial charge >= 0.3 is 11.9 Å². The molecule has 0 heterocycles. The summed E-state index contributed by atoms with van der Waals surface area (Å²) in [5.74, 6) is -0.644. The summed E-state index contributed by atoms with van der Waals surface area (Å²) >= 11 is 0. The van der Waals surface area contributed by atoms with Crippen LogP contribution in [0.1, 0.15) is 162 Å². The van der Waals surface area contributed by atoms with E-state index in [-0.39, 0.29) is 38.0 Å². The van der Waals surface area contributed by atoms with E-state index in [1.807, 2.05) is 12.2 Å². The molecule has 0 radical (unpaired) electrons. The Morgan fingerprint density at radius 3 is 0.897 bits per heavy atom. The smallest absolute Gasteiger partial charge is 0.306 e. The molecule has 1 atom stereocenters. The number of rotatable bonds is 44. The predicted molar refractivity (Wildman–Crippen MR) is 296 cm³/mol. The third kappa shape index (κ3) is 53.4. The molecule has 0 saturated heterocycles. The summed E-state index contributed by atoms with van der Waals surface area (Å²) in [6.07, 6.45) is 87.6. The van der Waals surface area contributed by atoms with E-state index in [9.17, 15) is 9.59 Å². The molecule has 1 unspecified atom stereocenters. The van der Waals surface area contributed by atoms with E-state index in [0.29, 0.717) is 19.4 Å². The normalized spacial score (nSPS) is 13.9. The molecule has 0 aliphatic carbocycles. The Kier molecular flexibility index (Phi) is 51.7. The van der Waals surface area contributed by atoms with E-state index >= 15 is 0 Å². The van der Waals surface area contributed by atoms with Gasteiger partial charge < -0.3 is 14.2 Å². The van der Waals surface area contributed by atoms with Crippen LogP contribution < -0.4 is 0 Å². The van der Waals surface area contributed by atoms with Gasteiger partial charge in [0.2, 0.25) is 0 Å². The minimum atomic E-state index is -0.653. The van der Waals surface area contributed by atoms with Crippen molar-refractivity contribution in [2.75, 3.05) is 19.8 Å². The SMILES string of the molecule is CC/C=C\C/C=C\C/C=C\C/C=C\C/C=C\C/C=C\CCC(=O)OCC(COCCC/C=C\C/C=C\C/C=C\C/C=C\CC)OC(=O)CC/C=C\C/C=C\C/C=C\C/C=C\C/C=C\C/C=C\CC. The van der Waals surface area contributed by atoms with Crippen LogP contribution in [0.5, 0.6) is 0 Å². The molecule has 5 heteroatoms. The number of carbonyl (C=O) groups excluding carboxylic acids is 2. The van der Waals surface area contributed by atoms with E-state index in [1.165, 1.54) is 0 Å². The molecule has 0 aliphatic rings. The van der Waals surface area contributed by atoms with Crippen LogP contribution in [-0.4, -0.2) is 37.9 Å². The fraction of sp³-hybridized carbons (Fsp3) is 0.460. The summed E-state index contributed by atoms with van der Waals surface area (Å²) in [7, 11) is 0. The molecule has 0 aromatic heterocycles. The Balaban J connectivity index is 4.64. The maximum Gasteiger partial charge on any atom is 0.306 e. The Bertz CT molecular complexity index is 1660. The largest absolute Gasteiger partial charge is 0.462 e. The van der Waals surface area contributed by atoms with E-state index < -0.39 is 6.10 Å². The van der Waals surface area contributed by atoms with Gasteiger partial charge in [-0.25, -0.2) is 0 Å². The molecule has 0 spiro atoms. The molecule has 0 aromatic carbocycles. The Hall–Kier alpha value is -5.26. The van der Waals surface area contributed by atoms with Gasteiger partial charge in [-0.2, -0.15) is 0 Å². The minimum absolute atomic E-state index is 0.0227. The molecule has 0 aromatic rings. The van der Waals surface area contributed by atoms with Gasteiger partial charge in [0.1, 0.15) is 6.61 Å². The lowest BCUT2D eigenvalue weighted by atomic mass is 10.2. The summed E-state index contributed by atoms with van der Waals surface area (Å²) in [4.78, 5) is 25.4. The van der Waals surface area contributed by atoms with E-state index in [4.69, 9.17) is 14.2 Å². The molecule has 5 nitrogen and oxygen atoms in total. The van der Waals surface area contributed by atoms with E-state index in [2.05, 4.69) is 203 Å². The first-order chi connectivity index (χ1) is 33.6. The number of hydrogen-bond donors (Lipinski definition) is 0. The van der Waals surface area contributed by atoms with Gasteiger partial charge in [-0.1, -0.05) is 215 Å². The van der Waals surface area contributed by atoms with E-state index in [1.54, 1.807) is 0 Å². The van der Waals surface area contributed by atoms with Crippen molar-refractivity contribution in [1.82, 2.24) is 0 Å². The van der Waals surface area contributed by atoms with Gasteiger partial charge in [-0.05, 0) is 128 Å². The van der Waals surface area contributed by atoms with Gasteiger partial charge in [0, 0.05) is 19.4 Å². The topological polar surface area (TPSA) is 61.8 Å². The fourth-order valence-corrected chi connectivity index (χ4v) is 5.92. The number of hydrogen-bond acceptors (Lipinski definition) is 5. The molecule has 68 heavy (non-hydrogen) atoms. The first kappa shape index (κ1) is 62.7. The van der Waals surface area contributed by atoms with Gasteiger partial charge in [-0.3, -0.25) is 9.59 Å². The highest BCUT2D eigenvalue weighted by Crippen LogP contribution is 2.06. The molecule has 374 valence electrons. The van der Waals surface area contributed by atoms with E-state index in [0.717, 1.165) is 116 Å². The van der Waals surface area contributed by atoms with Gasteiger partial charge in [0.15, 0.2) is 6.10 Å². The van der Waals surface area contributed by atoms with Gasteiger partial charge in [-0.15, -0.1) is 0 Å². The average Bonchev–Trinajstić information content (AvgIpc) is 3.34. The summed E-state index contributed by atoms with van der Waals surface area (Å²) in [6, 6.07) is 0. The first-order valence-corrected chi connectivity index (χ1v) is 26.0. The molecule has 0 fully saturated rings. The van der Waals surface area contributed by atoms with Crippen molar-refractivity contribution in [1.29, 1.82) is 0 Å². The summed E-state index contributed by atoms with van der Waals surface area (Å²) in [5.41, 5.74) is 0. The average molecular weight is 929 g/mol. The van der Waals surface area contributed by atoms with Crippen molar-refractivity contribution in [3.8, 4) is 0 Å². The van der Waals surface area contributed by atoms with Crippen molar-refractivity contribution in [3.05, 3.63) is 194 Å². The standard InChI is InChI=1S/C63H92O5/c1-4-7-10-13-16-19-22-25-28-30-32-34-36-38-41-44-47-50-53-56-62(64)67-60-61(59-66-58-55-52-49-46-43-40-27-24-21-18-15-12-9-6-3)68-63(65)57-54-51-48-45-42-39-37-35-33-31-29-26-23-20-17-14-11-8-5-2/h7-12,16-21,25-29,32-35,38-42,46-51,61H,4-6,13-15,22-24,30-31,36-37,43-45,52-60H2,1-3H3/b10-7-,11-8-,12-9-,19-16-,20-17-,21-18-,28-25-,29-26-,34-32-,35-33-,40-27-,41-38-,42-39-,49-46-,50-47-,51-48-. The van der Waals surface area contributed by atoms with Crippen molar-refractivity contribution in [2.24, 2.45) is 0 Å². The van der Waals surface area contributed by atoms with Crippen LogP contribution in [0.15, 0.2) is 194 Å². The molecule has 0 saturated carbocycles. The van der Waals surface area contributed by atoms with Crippen LogP contribution in [-0.2, 0) is 23.8 Å². The lowest BCUT2D eigenvalue weighted by Crippen LogP contribution is -2.30. The lowest BCUT2D eigenvalue weighted by Gasteiger charge is -2.18. The highest BCUT2D eigenvalue weighted by molar-refractivity contribution is 5.70. The second-order valence-corrected chi connectivity index (χ2v) is 15.9. The zero-order chi connectivity index (χ0) is 49.2. The van der Waals surface area contributed by atoms with Crippen LogP contribution in [0.4, 0.5) is 0 Å². The Morgan fingerprint density at radius 1 is 0.324 bits per heavy atom. The molecule has 0 N–H and O–H groups in total. The molecule has 0 amide bonds. The molecule has 0 bridgehead atoms. The summed E-state index contributed by atoms with van der Waals surface area (Å²) in [5, 5.41) is 0. The van der Waals surface area contributed by atoms with Crippen LogP contribution in [0.2, 0.25) is 0 Å². The molecular formula is C63H92O5. The quantitative estimate of drug-likeness (QED) is 0.0346. The predicted octanol–water partition coefficient (Wildman–Crippen LogP) is 18.0.